The van der Waals surface area contributed by atoms with E-state index in [1.54, 1.807) is 0 Å². The van der Waals surface area contributed by atoms with Gasteiger partial charge >= 0.3 is 0 Å². The van der Waals surface area contributed by atoms with Crippen molar-refractivity contribution in [2.24, 2.45) is 11.8 Å². The van der Waals surface area contributed by atoms with Crippen molar-refractivity contribution in [2.75, 3.05) is 0 Å². The van der Waals surface area contributed by atoms with E-state index >= 15 is 0 Å². The molecule has 0 spiro atoms. The number of hydrogen-bond acceptors (Lipinski definition) is 0. The van der Waals surface area contributed by atoms with E-state index < -0.39 is 0 Å². The molecule has 3 unspecified atom stereocenters. The van der Waals surface area contributed by atoms with Crippen LogP contribution in [0.15, 0.2) is 0 Å². The summed E-state index contributed by atoms with van der Waals surface area (Å²) in [4.78, 5) is 0. The highest BCUT2D eigenvalue weighted by Gasteiger charge is 2.21. The molecule has 0 saturated heterocycles. The maximum Gasteiger partial charge on any atom is 0.0336 e. The summed E-state index contributed by atoms with van der Waals surface area (Å²) in [6.07, 6.45) is 5.52. The first-order valence-electron chi connectivity index (χ1n) is 4.34. The largest absolute Gasteiger partial charge is 0.123 e. The number of hydrogen-bond donors (Lipinski definition) is 0. The van der Waals surface area contributed by atoms with Gasteiger partial charge in [0.1, 0.15) is 0 Å². The van der Waals surface area contributed by atoms with E-state index in [0.29, 0.717) is 5.38 Å². The van der Waals surface area contributed by atoms with Crippen LogP contribution >= 0.6 is 11.6 Å². The van der Waals surface area contributed by atoms with Crippen LogP contribution in [-0.2, 0) is 0 Å². The summed E-state index contributed by atoms with van der Waals surface area (Å²) in [6, 6.07) is 0. The van der Waals surface area contributed by atoms with Crippen molar-refractivity contribution in [3.05, 3.63) is 0 Å². The molecule has 1 saturated carbocycles. The zero-order valence-corrected chi connectivity index (χ0v) is 7.69. The van der Waals surface area contributed by atoms with E-state index in [1.165, 1.54) is 25.7 Å². The molecule has 0 nitrogen and oxygen atoms in total. The van der Waals surface area contributed by atoms with Crippen molar-refractivity contribution in [2.45, 2.75) is 44.9 Å². The van der Waals surface area contributed by atoms with E-state index in [1.807, 2.05) is 0 Å². The minimum Gasteiger partial charge on any atom is -0.123 e. The first-order valence-corrected chi connectivity index (χ1v) is 4.78. The molecular formula is C9H17Cl. The summed E-state index contributed by atoms with van der Waals surface area (Å²) < 4.78 is 0. The van der Waals surface area contributed by atoms with Gasteiger partial charge in [0.15, 0.2) is 0 Å². The number of alkyl halides is 1. The first kappa shape index (κ1) is 8.39. The third-order valence-electron chi connectivity index (χ3n) is 2.63. The highest BCUT2D eigenvalue weighted by Crippen LogP contribution is 2.32. The van der Waals surface area contributed by atoms with Crippen LogP contribution in [0.25, 0.3) is 0 Å². The second-order valence-electron chi connectivity index (χ2n) is 3.71. The lowest BCUT2D eigenvalue weighted by Gasteiger charge is -2.28. The molecule has 0 amide bonds. The third kappa shape index (κ3) is 2.16. The minimum atomic E-state index is 0.391. The fourth-order valence-electron chi connectivity index (χ4n) is 1.90. The molecule has 0 bridgehead atoms. The van der Waals surface area contributed by atoms with Crippen molar-refractivity contribution in [3.8, 4) is 0 Å². The second kappa shape index (κ2) is 3.61. The Morgan fingerprint density at radius 1 is 1.40 bits per heavy atom. The van der Waals surface area contributed by atoms with Gasteiger partial charge in [0.2, 0.25) is 0 Å². The summed E-state index contributed by atoms with van der Waals surface area (Å²) in [6.45, 7) is 4.47. The van der Waals surface area contributed by atoms with E-state index in [0.717, 1.165) is 11.8 Å². The molecule has 0 radical (unpaired) electrons. The van der Waals surface area contributed by atoms with Crippen LogP contribution in [0.3, 0.4) is 0 Å². The van der Waals surface area contributed by atoms with Crippen molar-refractivity contribution in [3.63, 3.8) is 0 Å². The highest BCUT2D eigenvalue weighted by molar-refractivity contribution is 6.20. The van der Waals surface area contributed by atoms with Crippen LogP contribution in [0.5, 0.6) is 0 Å². The van der Waals surface area contributed by atoms with Crippen LogP contribution in [0.1, 0.15) is 39.5 Å². The van der Waals surface area contributed by atoms with Crippen molar-refractivity contribution in [1.82, 2.24) is 0 Å². The summed E-state index contributed by atoms with van der Waals surface area (Å²) in [7, 11) is 0. The zero-order valence-electron chi connectivity index (χ0n) is 6.94. The average Bonchev–Trinajstić information content (AvgIpc) is 1.88. The Morgan fingerprint density at radius 3 is 2.50 bits per heavy atom. The van der Waals surface area contributed by atoms with Gasteiger partial charge in [0.25, 0.3) is 0 Å². The van der Waals surface area contributed by atoms with Crippen LogP contribution < -0.4 is 0 Å². The number of rotatable bonds is 1. The van der Waals surface area contributed by atoms with E-state index in [2.05, 4.69) is 13.8 Å². The quantitative estimate of drug-likeness (QED) is 0.516. The third-order valence-corrected chi connectivity index (χ3v) is 2.98. The van der Waals surface area contributed by atoms with Gasteiger partial charge in [-0.25, -0.2) is 0 Å². The Kier molecular flexibility index (Phi) is 3.03. The SMILES string of the molecule is CC1CCCC(C(C)Cl)C1. The van der Waals surface area contributed by atoms with Crippen molar-refractivity contribution in [1.29, 1.82) is 0 Å². The predicted octanol–water partition coefficient (Wildman–Crippen LogP) is 3.44. The molecule has 60 valence electrons. The summed E-state index contributed by atoms with van der Waals surface area (Å²) >= 11 is 6.02. The van der Waals surface area contributed by atoms with Crippen LogP contribution in [0, 0.1) is 11.8 Å². The fourth-order valence-corrected chi connectivity index (χ4v) is 2.13. The van der Waals surface area contributed by atoms with E-state index in [-0.39, 0.29) is 0 Å². The Morgan fingerprint density at radius 2 is 2.10 bits per heavy atom. The molecule has 1 aliphatic carbocycles. The van der Waals surface area contributed by atoms with Crippen LogP contribution in [-0.4, -0.2) is 5.38 Å². The van der Waals surface area contributed by atoms with Gasteiger partial charge in [-0.3, -0.25) is 0 Å². The van der Waals surface area contributed by atoms with Gasteiger partial charge in [-0.2, -0.15) is 0 Å². The predicted molar refractivity (Wildman–Crippen MR) is 46.4 cm³/mol. The first-order chi connectivity index (χ1) is 4.70. The maximum absolute atomic E-state index is 6.02. The summed E-state index contributed by atoms with van der Waals surface area (Å²) in [5.74, 6) is 1.71. The fraction of sp³-hybridized carbons (Fsp3) is 1.00. The maximum atomic E-state index is 6.02. The van der Waals surface area contributed by atoms with Crippen molar-refractivity contribution >= 4 is 11.6 Å². The Bertz CT molecular complexity index is 98.9. The second-order valence-corrected chi connectivity index (χ2v) is 4.40. The molecule has 0 N–H and O–H groups in total. The molecule has 0 aromatic carbocycles. The zero-order chi connectivity index (χ0) is 7.56. The van der Waals surface area contributed by atoms with Gasteiger partial charge in [-0.1, -0.05) is 19.8 Å². The standard InChI is InChI=1S/C9H17Cl/c1-7-4-3-5-9(6-7)8(2)10/h7-9H,3-6H2,1-2H3. The molecule has 0 aromatic heterocycles. The highest BCUT2D eigenvalue weighted by atomic mass is 35.5. The topological polar surface area (TPSA) is 0 Å². The number of halogens is 1. The van der Waals surface area contributed by atoms with Gasteiger partial charge < -0.3 is 0 Å². The van der Waals surface area contributed by atoms with E-state index in [4.69, 9.17) is 11.6 Å². The van der Waals surface area contributed by atoms with Gasteiger partial charge in [0, 0.05) is 5.38 Å². The van der Waals surface area contributed by atoms with Gasteiger partial charge in [0.05, 0.1) is 0 Å². The lowest BCUT2D eigenvalue weighted by atomic mass is 9.81. The summed E-state index contributed by atoms with van der Waals surface area (Å²) in [5, 5.41) is 0.391. The Balaban J connectivity index is 2.32. The van der Waals surface area contributed by atoms with Gasteiger partial charge in [-0.05, 0) is 31.6 Å². The lowest BCUT2D eigenvalue weighted by molar-refractivity contribution is 0.280. The molecule has 0 heterocycles. The molecule has 0 aromatic rings. The molecule has 0 aliphatic heterocycles. The Labute approximate surface area is 69.0 Å². The Hall–Kier alpha value is 0.290. The molecule has 10 heavy (non-hydrogen) atoms. The molecule has 1 aliphatic rings. The molecule has 1 heteroatoms. The van der Waals surface area contributed by atoms with Gasteiger partial charge in [-0.15, -0.1) is 11.6 Å². The normalized spacial score (nSPS) is 37.5. The van der Waals surface area contributed by atoms with Crippen LogP contribution in [0.4, 0.5) is 0 Å². The smallest absolute Gasteiger partial charge is 0.0336 e. The summed E-state index contributed by atoms with van der Waals surface area (Å²) in [5.41, 5.74) is 0. The average molecular weight is 161 g/mol. The molecular weight excluding hydrogens is 144 g/mol. The van der Waals surface area contributed by atoms with E-state index in [9.17, 15) is 0 Å². The molecule has 3 atom stereocenters. The minimum absolute atomic E-state index is 0.391. The molecule has 1 fully saturated rings. The van der Waals surface area contributed by atoms with Crippen molar-refractivity contribution < 1.29 is 0 Å². The molecule has 1 rings (SSSR count). The van der Waals surface area contributed by atoms with Crippen LogP contribution in [0.2, 0.25) is 0 Å². The monoisotopic (exact) mass is 160 g/mol. The lowest BCUT2D eigenvalue weighted by Crippen LogP contribution is -2.19.